The first-order chi connectivity index (χ1) is 7.52. The Balaban J connectivity index is 2.57. The Hall–Kier alpha value is -1.49. The molecule has 1 rings (SSSR count). The monoisotopic (exact) mass is 225 g/mol. The predicted octanol–water partition coefficient (Wildman–Crippen LogP) is 0.934. The van der Waals surface area contributed by atoms with Gasteiger partial charge in [-0.25, -0.2) is 4.39 Å². The number of carbonyl (C=O) groups is 1. The lowest BCUT2D eigenvalue weighted by Gasteiger charge is -2.16. The maximum atomic E-state index is 13.2. The summed E-state index contributed by atoms with van der Waals surface area (Å²) < 4.78 is 13.2. The van der Waals surface area contributed by atoms with Crippen molar-refractivity contribution in [1.82, 2.24) is 10.3 Å². The second-order valence-electron chi connectivity index (χ2n) is 3.97. The van der Waals surface area contributed by atoms with Gasteiger partial charge in [0, 0.05) is 18.8 Å². The number of amides is 1. The average molecular weight is 225 g/mol. The van der Waals surface area contributed by atoms with Crippen molar-refractivity contribution < 1.29 is 9.18 Å². The van der Waals surface area contributed by atoms with Crippen LogP contribution in [0.2, 0.25) is 0 Å². The van der Waals surface area contributed by atoms with Crippen molar-refractivity contribution in [2.75, 3.05) is 6.54 Å². The van der Waals surface area contributed by atoms with Gasteiger partial charge in [0.2, 0.25) is 0 Å². The molecule has 5 heteroatoms. The predicted molar refractivity (Wildman–Crippen MR) is 59.3 cm³/mol. The number of pyridine rings is 1. The lowest BCUT2D eigenvalue weighted by molar-refractivity contribution is 0.0945. The highest BCUT2D eigenvalue weighted by Gasteiger charge is 2.13. The zero-order chi connectivity index (χ0) is 12.1. The van der Waals surface area contributed by atoms with Crippen LogP contribution in [0.1, 0.15) is 24.2 Å². The van der Waals surface area contributed by atoms with Crippen LogP contribution >= 0.6 is 0 Å². The first-order valence-electron chi connectivity index (χ1n) is 5.15. The lowest BCUT2D eigenvalue weighted by Crippen LogP contribution is -2.40. The minimum absolute atomic E-state index is 0.00837. The van der Waals surface area contributed by atoms with Gasteiger partial charge in [-0.15, -0.1) is 0 Å². The van der Waals surface area contributed by atoms with E-state index in [4.69, 9.17) is 5.73 Å². The first-order valence-corrected chi connectivity index (χ1v) is 5.15. The number of rotatable bonds is 4. The molecule has 3 N–H and O–H groups in total. The molecule has 0 aromatic carbocycles. The summed E-state index contributed by atoms with van der Waals surface area (Å²) in [4.78, 5) is 15.1. The maximum Gasteiger partial charge on any atom is 0.254 e. The second kappa shape index (κ2) is 5.55. The van der Waals surface area contributed by atoms with Gasteiger partial charge in [0.05, 0.1) is 11.8 Å². The molecule has 0 radical (unpaired) electrons. The summed E-state index contributed by atoms with van der Waals surface area (Å²) in [6.07, 6.45) is 2.39. The van der Waals surface area contributed by atoms with Gasteiger partial charge in [-0.1, -0.05) is 13.8 Å². The molecule has 0 aliphatic heterocycles. The minimum atomic E-state index is -0.627. The number of nitrogens with two attached hydrogens (primary N) is 1. The van der Waals surface area contributed by atoms with Crippen molar-refractivity contribution in [3.8, 4) is 0 Å². The van der Waals surface area contributed by atoms with E-state index in [9.17, 15) is 9.18 Å². The van der Waals surface area contributed by atoms with Gasteiger partial charge in [0.1, 0.15) is 0 Å². The molecule has 16 heavy (non-hydrogen) atoms. The minimum Gasteiger partial charge on any atom is -0.350 e. The molecule has 0 saturated carbocycles. The summed E-state index contributed by atoms with van der Waals surface area (Å²) in [5.41, 5.74) is 5.75. The van der Waals surface area contributed by atoms with Gasteiger partial charge < -0.3 is 11.1 Å². The van der Waals surface area contributed by atoms with Gasteiger partial charge in [-0.2, -0.15) is 0 Å². The highest BCUT2D eigenvalue weighted by atomic mass is 19.1. The van der Waals surface area contributed by atoms with Crippen molar-refractivity contribution in [3.05, 3.63) is 29.8 Å². The van der Waals surface area contributed by atoms with Crippen LogP contribution in [0.4, 0.5) is 4.39 Å². The van der Waals surface area contributed by atoms with E-state index in [2.05, 4.69) is 10.3 Å². The fourth-order valence-corrected chi connectivity index (χ4v) is 1.10. The Morgan fingerprint density at radius 3 is 2.88 bits per heavy atom. The summed E-state index contributed by atoms with van der Waals surface area (Å²) in [6.45, 7) is 4.26. The van der Waals surface area contributed by atoms with E-state index in [1.54, 1.807) is 0 Å². The van der Waals surface area contributed by atoms with Crippen LogP contribution < -0.4 is 11.1 Å². The molecular weight excluding hydrogens is 209 g/mol. The number of halogens is 1. The third kappa shape index (κ3) is 3.27. The van der Waals surface area contributed by atoms with Crippen molar-refractivity contribution >= 4 is 5.91 Å². The molecule has 0 saturated heterocycles. The molecule has 1 unspecified atom stereocenters. The van der Waals surface area contributed by atoms with Crippen LogP contribution in [-0.2, 0) is 0 Å². The van der Waals surface area contributed by atoms with Gasteiger partial charge in [-0.3, -0.25) is 9.78 Å². The standard InChI is InChI=1S/C11H16FN3O/c1-7(2)10(13)6-15-11(16)8-3-4-14-5-9(8)12/h3-5,7,10H,6,13H2,1-2H3,(H,15,16). The molecule has 1 amide bonds. The number of nitrogens with zero attached hydrogens (tertiary/aromatic N) is 1. The van der Waals surface area contributed by atoms with Crippen molar-refractivity contribution in [1.29, 1.82) is 0 Å². The summed E-state index contributed by atoms with van der Waals surface area (Å²) in [5.74, 6) is -0.822. The maximum absolute atomic E-state index is 13.2. The SMILES string of the molecule is CC(C)C(N)CNC(=O)c1ccncc1F. The highest BCUT2D eigenvalue weighted by Crippen LogP contribution is 2.04. The van der Waals surface area contributed by atoms with E-state index in [0.717, 1.165) is 6.20 Å². The lowest BCUT2D eigenvalue weighted by atomic mass is 10.1. The molecule has 1 atom stereocenters. The topological polar surface area (TPSA) is 68.0 Å². The quantitative estimate of drug-likeness (QED) is 0.801. The molecule has 0 bridgehead atoms. The molecule has 1 heterocycles. The Bertz CT molecular complexity index is 368. The Morgan fingerprint density at radius 1 is 1.62 bits per heavy atom. The zero-order valence-electron chi connectivity index (χ0n) is 9.40. The zero-order valence-corrected chi connectivity index (χ0v) is 9.40. The largest absolute Gasteiger partial charge is 0.350 e. The fourth-order valence-electron chi connectivity index (χ4n) is 1.10. The summed E-state index contributed by atoms with van der Waals surface area (Å²) >= 11 is 0. The Morgan fingerprint density at radius 2 is 2.31 bits per heavy atom. The van der Waals surface area contributed by atoms with Gasteiger partial charge in [0.15, 0.2) is 5.82 Å². The number of hydrogen-bond donors (Lipinski definition) is 2. The smallest absolute Gasteiger partial charge is 0.254 e. The average Bonchev–Trinajstić information content (AvgIpc) is 2.25. The molecular formula is C11H16FN3O. The van der Waals surface area contributed by atoms with Crippen molar-refractivity contribution in [2.45, 2.75) is 19.9 Å². The molecule has 0 aliphatic carbocycles. The van der Waals surface area contributed by atoms with E-state index in [1.807, 2.05) is 13.8 Å². The highest BCUT2D eigenvalue weighted by molar-refractivity contribution is 5.94. The Kier molecular flexibility index (Phi) is 4.37. The second-order valence-corrected chi connectivity index (χ2v) is 3.97. The van der Waals surface area contributed by atoms with Crippen LogP contribution in [-0.4, -0.2) is 23.5 Å². The number of hydrogen-bond acceptors (Lipinski definition) is 3. The summed E-state index contributed by atoms with van der Waals surface area (Å²) in [5, 5.41) is 2.59. The molecule has 0 fully saturated rings. The molecule has 88 valence electrons. The van der Waals surface area contributed by atoms with E-state index in [0.29, 0.717) is 6.54 Å². The molecule has 1 aromatic rings. The number of aromatic nitrogens is 1. The van der Waals surface area contributed by atoms with Crippen molar-refractivity contribution in [2.24, 2.45) is 11.7 Å². The van der Waals surface area contributed by atoms with E-state index >= 15 is 0 Å². The van der Waals surface area contributed by atoms with Crippen LogP contribution in [0.15, 0.2) is 18.5 Å². The normalized spacial score (nSPS) is 12.6. The number of nitrogens with one attached hydrogen (secondary N) is 1. The molecule has 1 aromatic heterocycles. The first kappa shape index (κ1) is 12.6. The molecule has 0 spiro atoms. The molecule has 4 nitrogen and oxygen atoms in total. The van der Waals surface area contributed by atoms with E-state index < -0.39 is 11.7 Å². The van der Waals surface area contributed by atoms with Crippen LogP contribution in [0.5, 0.6) is 0 Å². The van der Waals surface area contributed by atoms with Crippen LogP contribution in [0, 0.1) is 11.7 Å². The van der Waals surface area contributed by atoms with Gasteiger partial charge in [-0.05, 0) is 12.0 Å². The molecule has 0 aliphatic rings. The van der Waals surface area contributed by atoms with E-state index in [-0.39, 0.29) is 17.5 Å². The Labute approximate surface area is 94.1 Å². The van der Waals surface area contributed by atoms with E-state index in [1.165, 1.54) is 12.3 Å². The number of carbonyl (C=O) groups excluding carboxylic acids is 1. The van der Waals surface area contributed by atoms with Gasteiger partial charge in [0.25, 0.3) is 5.91 Å². The van der Waals surface area contributed by atoms with Crippen LogP contribution in [0.25, 0.3) is 0 Å². The third-order valence-corrected chi connectivity index (χ3v) is 2.37. The fraction of sp³-hybridized carbons (Fsp3) is 0.455. The van der Waals surface area contributed by atoms with Gasteiger partial charge >= 0.3 is 0 Å². The van der Waals surface area contributed by atoms with Crippen LogP contribution in [0.3, 0.4) is 0 Å². The third-order valence-electron chi connectivity index (χ3n) is 2.37. The summed E-state index contributed by atoms with van der Waals surface area (Å²) in [6, 6.07) is 1.21. The summed E-state index contributed by atoms with van der Waals surface area (Å²) in [7, 11) is 0. The van der Waals surface area contributed by atoms with Crippen molar-refractivity contribution in [3.63, 3.8) is 0 Å².